The molecule has 0 unspecified atom stereocenters. The van der Waals surface area contributed by atoms with Gasteiger partial charge in [-0.05, 0) is 30.5 Å². The Hall–Kier alpha value is -2.61. The van der Waals surface area contributed by atoms with Crippen molar-refractivity contribution in [1.29, 1.82) is 0 Å². The number of rotatable bonds is 12. The maximum Gasteiger partial charge on any atom is 0.460 e. The summed E-state index contributed by atoms with van der Waals surface area (Å²) in [5.74, 6) is -18.4. The van der Waals surface area contributed by atoms with Gasteiger partial charge in [0, 0.05) is 22.6 Å². The molecule has 0 spiro atoms. The Labute approximate surface area is 223 Å². The van der Waals surface area contributed by atoms with Gasteiger partial charge in [-0.15, -0.1) is 21.1 Å². The molecule has 8 nitrogen and oxygen atoms in total. The van der Waals surface area contributed by atoms with Gasteiger partial charge in [0.2, 0.25) is 0 Å². The molecule has 0 saturated heterocycles. The van der Waals surface area contributed by atoms with Gasteiger partial charge in [0.15, 0.2) is 0 Å². The molecule has 0 aromatic heterocycles. The minimum atomic E-state index is -7.62. The first-order valence-corrected chi connectivity index (χ1v) is 13.1. The van der Waals surface area contributed by atoms with Gasteiger partial charge in [-0.2, -0.15) is 47.9 Å². The monoisotopic (exact) mass is 629 g/mol. The van der Waals surface area contributed by atoms with E-state index in [1.165, 1.54) is 30.0 Å². The van der Waals surface area contributed by atoms with Crippen molar-refractivity contribution in [1.82, 2.24) is 5.06 Å². The zero-order valence-electron chi connectivity index (χ0n) is 19.7. The molecule has 1 aliphatic rings. The smallest absolute Gasteiger partial charge is 0.356 e. The molecule has 19 heteroatoms. The van der Waals surface area contributed by atoms with Crippen LogP contribution in [-0.4, -0.2) is 74.3 Å². The van der Waals surface area contributed by atoms with E-state index < -0.39 is 61.4 Å². The first-order valence-electron chi connectivity index (χ1n) is 10.7. The van der Waals surface area contributed by atoms with E-state index in [9.17, 15) is 57.5 Å². The molecule has 2 aromatic carbocycles. The van der Waals surface area contributed by atoms with Gasteiger partial charge in [-0.1, -0.05) is 12.1 Å². The molecule has 0 N–H and O–H groups in total. The van der Waals surface area contributed by atoms with E-state index in [1.807, 2.05) is 0 Å². The number of hydrogen-bond acceptors (Lipinski definition) is 8. The van der Waals surface area contributed by atoms with Gasteiger partial charge in [0.05, 0.1) is 17.7 Å². The van der Waals surface area contributed by atoms with E-state index in [4.69, 9.17) is 9.47 Å². The molecule has 0 bridgehead atoms. The number of amides is 2. The highest BCUT2D eigenvalue weighted by Crippen LogP contribution is 2.55. The zero-order chi connectivity index (χ0) is 30.3. The predicted molar refractivity (Wildman–Crippen MR) is 119 cm³/mol. The summed E-state index contributed by atoms with van der Waals surface area (Å²) in [4.78, 5) is 26.1. The molecular weight excluding hydrogens is 613 g/mol. The number of hydrogen-bond donors (Lipinski definition) is 0. The number of nitrogens with zero attached hydrogens (tertiary/aromatic N) is 1. The second kappa shape index (κ2) is 11.0. The van der Waals surface area contributed by atoms with Crippen LogP contribution in [0.3, 0.4) is 0 Å². The van der Waals surface area contributed by atoms with Gasteiger partial charge in [0.1, 0.15) is 6.79 Å². The SMILES string of the molecule is CCOCOCCSc1ccc2c3c(cccc13)C(=O)N(OS(=O)(=O)C(F)(F)C(F)(F)C(F)(F)C(F)(F)F)C2=O. The van der Waals surface area contributed by atoms with Crippen LogP contribution in [0.2, 0.25) is 0 Å². The van der Waals surface area contributed by atoms with Crippen molar-refractivity contribution in [3.8, 4) is 0 Å². The van der Waals surface area contributed by atoms with Crippen LogP contribution in [0.1, 0.15) is 27.6 Å². The number of ether oxygens (including phenoxy) is 2. The molecule has 2 aromatic rings. The van der Waals surface area contributed by atoms with E-state index >= 15 is 0 Å². The van der Waals surface area contributed by atoms with E-state index in [2.05, 4.69) is 4.28 Å². The Morgan fingerprint density at radius 1 is 0.850 bits per heavy atom. The Kier molecular flexibility index (Phi) is 8.77. The lowest BCUT2D eigenvalue weighted by atomic mass is 9.95. The molecule has 0 saturated carbocycles. The van der Waals surface area contributed by atoms with Gasteiger partial charge in [0.25, 0.3) is 11.8 Å². The van der Waals surface area contributed by atoms with Crippen LogP contribution in [0.25, 0.3) is 10.8 Å². The van der Waals surface area contributed by atoms with Crippen molar-refractivity contribution in [2.45, 2.75) is 35.1 Å². The van der Waals surface area contributed by atoms with Crippen molar-refractivity contribution in [2.24, 2.45) is 0 Å². The standard InChI is InChI=1S/C21H16F9NO7S2/c1-2-36-10-37-8-9-39-14-7-6-13-15-11(14)4-3-5-12(15)16(32)31(17(13)33)38-40(34,35)21(29,30)19(24,25)18(22,23)20(26,27)28/h3-7H,2,8-10H2,1H3. The summed E-state index contributed by atoms with van der Waals surface area (Å²) in [6, 6.07) is 5.96. The highest BCUT2D eigenvalue weighted by atomic mass is 32.2. The fourth-order valence-electron chi connectivity index (χ4n) is 3.32. The summed E-state index contributed by atoms with van der Waals surface area (Å²) in [6.07, 6.45) is -7.31. The van der Waals surface area contributed by atoms with Crippen LogP contribution in [0, 0.1) is 0 Å². The topological polar surface area (TPSA) is 99.2 Å². The minimum Gasteiger partial charge on any atom is -0.356 e. The number of carbonyl (C=O) groups excluding carboxylic acids is 2. The van der Waals surface area contributed by atoms with E-state index in [0.29, 0.717) is 17.3 Å². The van der Waals surface area contributed by atoms with Crippen LogP contribution < -0.4 is 0 Å². The third kappa shape index (κ3) is 5.24. The number of alkyl halides is 9. The molecule has 1 aliphatic heterocycles. The summed E-state index contributed by atoms with van der Waals surface area (Å²) in [6.45, 7) is 2.43. The van der Waals surface area contributed by atoms with E-state index in [0.717, 1.165) is 12.1 Å². The first-order chi connectivity index (χ1) is 18.3. The second-order valence-electron chi connectivity index (χ2n) is 7.80. The van der Waals surface area contributed by atoms with Crippen molar-refractivity contribution in [3.63, 3.8) is 0 Å². The average Bonchev–Trinajstić information content (AvgIpc) is 2.86. The van der Waals surface area contributed by atoms with Gasteiger partial charge in [-0.25, -0.2) is 0 Å². The number of carbonyl (C=O) groups is 2. The van der Waals surface area contributed by atoms with Gasteiger partial charge in [-0.3, -0.25) is 9.59 Å². The van der Waals surface area contributed by atoms with Crippen LogP contribution >= 0.6 is 11.8 Å². The van der Waals surface area contributed by atoms with Crippen LogP contribution in [0.15, 0.2) is 35.2 Å². The Bertz CT molecular complexity index is 1390. The number of imide groups is 1. The Morgan fingerprint density at radius 3 is 2.02 bits per heavy atom. The fraction of sp³-hybridized carbons (Fsp3) is 0.429. The van der Waals surface area contributed by atoms with Crippen molar-refractivity contribution in [2.75, 3.05) is 25.8 Å². The lowest BCUT2D eigenvalue weighted by molar-refractivity contribution is -0.383. The normalized spacial score (nSPS) is 15.3. The molecule has 3 rings (SSSR count). The molecule has 40 heavy (non-hydrogen) atoms. The van der Waals surface area contributed by atoms with Gasteiger partial charge >= 0.3 is 33.4 Å². The van der Waals surface area contributed by atoms with Crippen LogP contribution in [-0.2, 0) is 23.9 Å². The molecule has 2 amide bonds. The van der Waals surface area contributed by atoms with Crippen LogP contribution in [0.5, 0.6) is 0 Å². The van der Waals surface area contributed by atoms with E-state index in [1.54, 1.807) is 6.92 Å². The quantitative estimate of drug-likeness (QED) is 0.104. The lowest BCUT2D eigenvalue weighted by Crippen LogP contribution is -2.64. The van der Waals surface area contributed by atoms with Crippen molar-refractivity contribution >= 4 is 44.5 Å². The summed E-state index contributed by atoms with van der Waals surface area (Å²) in [5.41, 5.74) is -1.10. The number of thioether (sulfide) groups is 1. The average molecular weight is 629 g/mol. The van der Waals surface area contributed by atoms with Crippen LogP contribution in [0.4, 0.5) is 39.5 Å². The minimum absolute atomic E-state index is 0.0292. The number of hydroxylamine groups is 2. The predicted octanol–water partition coefficient (Wildman–Crippen LogP) is 5.23. The molecule has 0 radical (unpaired) electrons. The Morgan fingerprint density at radius 2 is 1.45 bits per heavy atom. The highest BCUT2D eigenvalue weighted by Gasteiger charge is 2.86. The summed E-state index contributed by atoms with van der Waals surface area (Å²) in [5, 5.41) is -8.07. The summed E-state index contributed by atoms with van der Waals surface area (Å²) >= 11 is 1.19. The maximum absolute atomic E-state index is 14.1. The largest absolute Gasteiger partial charge is 0.460 e. The van der Waals surface area contributed by atoms with Crippen molar-refractivity contribution in [3.05, 3.63) is 41.5 Å². The third-order valence-corrected chi connectivity index (χ3v) is 7.56. The van der Waals surface area contributed by atoms with Crippen molar-refractivity contribution < 1.29 is 71.3 Å². The fourth-order valence-corrected chi connectivity index (χ4v) is 5.09. The molecule has 1 heterocycles. The van der Waals surface area contributed by atoms with Gasteiger partial charge < -0.3 is 9.47 Å². The second-order valence-corrected chi connectivity index (χ2v) is 10.5. The number of benzene rings is 2. The molecule has 222 valence electrons. The summed E-state index contributed by atoms with van der Waals surface area (Å²) < 4.78 is 157. The lowest BCUT2D eigenvalue weighted by Gasteiger charge is -2.33. The summed E-state index contributed by atoms with van der Waals surface area (Å²) in [7, 11) is -7.54. The third-order valence-electron chi connectivity index (χ3n) is 5.29. The Balaban J connectivity index is 1.94. The molecule has 0 aliphatic carbocycles. The number of halogens is 9. The van der Waals surface area contributed by atoms with E-state index in [-0.39, 0.29) is 24.2 Å². The molecular formula is C21H16F9NO7S2. The maximum atomic E-state index is 14.1. The first kappa shape index (κ1) is 31.9. The molecule has 0 fully saturated rings. The highest BCUT2D eigenvalue weighted by molar-refractivity contribution is 7.99. The molecule has 0 atom stereocenters. The zero-order valence-corrected chi connectivity index (χ0v) is 21.4.